The molecule has 0 saturated carbocycles. The number of benzene rings is 1. The Morgan fingerprint density at radius 2 is 2.13 bits per heavy atom. The lowest BCUT2D eigenvalue weighted by atomic mass is 10.2. The van der Waals surface area contributed by atoms with E-state index < -0.39 is 0 Å². The van der Waals surface area contributed by atoms with E-state index >= 15 is 0 Å². The van der Waals surface area contributed by atoms with E-state index in [0.29, 0.717) is 23.8 Å². The van der Waals surface area contributed by atoms with Crippen molar-refractivity contribution in [1.29, 1.82) is 0 Å². The monoisotopic (exact) mass is 382 g/mol. The lowest BCUT2D eigenvalue weighted by Gasteiger charge is -2.06. The summed E-state index contributed by atoms with van der Waals surface area (Å²) >= 11 is 5.88. The minimum Gasteiger partial charge on any atom is -0.503 e. The van der Waals surface area contributed by atoms with E-state index in [4.69, 9.17) is 22.2 Å². The number of aromatic nitrogens is 3. The smallest absolute Gasteiger partial charge is 0.263 e. The molecule has 11 heteroatoms. The van der Waals surface area contributed by atoms with Gasteiger partial charge >= 0.3 is 0 Å². The Kier molecular flexibility index (Phi) is 8.52. The standard InChI is InChI=1S/C12H15ClN6O2.2ClH/c1-3-10-16-18-12(19(10)14)17-15-6-7-4-8(13)11(20)9(5-7)21-2;;/h4-6,20H,3,14H2,1-2H3,(H,17,18);2*1H. The average molecular weight is 384 g/mol. The molecule has 0 aliphatic carbocycles. The van der Waals surface area contributed by atoms with Crippen molar-refractivity contribution in [2.75, 3.05) is 18.4 Å². The molecule has 23 heavy (non-hydrogen) atoms. The summed E-state index contributed by atoms with van der Waals surface area (Å²) in [5.74, 6) is 6.87. The number of nitrogens with zero attached hydrogens (tertiary/aromatic N) is 4. The predicted molar refractivity (Wildman–Crippen MR) is 94.9 cm³/mol. The molecule has 128 valence electrons. The number of ether oxygens (including phenoxy) is 1. The number of anilines is 1. The van der Waals surface area contributed by atoms with E-state index in [0.717, 1.165) is 0 Å². The topological polar surface area (TPSA) is 111 Å². The maximum atomic E-state index is 9.64. The molecule has 0 radical (unpaired) electrons. The Labute approximate surface area is 150 Å². The molecular formula is C12H17Cl3N6O2. The van der Waals surface area contributed by atoms with E-state index in [1.807, 2.05) is 6.92 Å². The number of hydrogen-bond acceptors (Lipinski definition) is 7. The highest BCUT2D eigenvalue weighted by Crippen LogP contribution is 2.34. The minimum absolute atomic E-state index is 0. The summed E-state index contributed by atoms with van der Waals surface area (Å²) in [6.45, 7) is 1.92. The van der Waals surface area contributed by atoms with Gasteiger partial charge in [0.05, 0.1) is 18.3 Å². The summed E-state index contributed by atoms with van der Waals surface area (Å²) in [6, 6.07) is 3.15. The maximum absolute atomic E-state index is 9.64. The lowest BCUT2D eigenvalue weighted by molar-refractivity contribution is 0.373. The van der Waals surface area contributed by atoms with Gasteiger partial charge in [-0.15, -0.1) is 35.0 Å². The van der Waals surface area contributed by atoms with Gasteiger partial charge in [0.2, 0.25) is 0 Å². The second-order valence-electron chi connectivity index (χ2n) is 4.09. The van der Waals surface area contributed by atoms with Crippen LogP contribution in [0.1, 0.15) is 18.3 Å². The molecule has 0 bridgehead atoms. The Morgan fingerprint density at radius 3 is 2.70 bits per heavy atom. The Bertz CT molecular complexity index is 677. The summed E-state index contributed by atoms with van der Waals surface area (Å²) in [4.78, 5) is 0. The van der Waals surface area contributed by atoms with Crippen molar-refractivity contribution in [3.8, 4) is 11.5 Å². The first kappa shape index (κ1) is 21.1. The molecule has 1 aromatic heterocycles. The van der Waals surface area contributed by atoms with Gasteiger partial charge < -0.3 is 15.7 Å². The zero-order valence-electron chi connectivity index (χ0n) is 12.4. The normalized spacial score (nSPS) is 10.0. The first-order valence-corrected chi connectivity index (χ1v) is 6.49. The lowest BCUT2D eigenvalue weighted by Crippen LogP contribution is -2.14. The fourth-order valence-electron chi connectivity index (χ4n) is 1.63. The van der Waals surface area contributed by atoms with Crippen LogP contribution in [0.5, 0.6) is 11.5 Å². The number of aryl methyl sites for hydroxylation is 1. The van der Waals surface area contributed by atoms with Gasteiger partial charge in [-0.1, -0.05) is 18.5 Å². The summed E-state index contributed by atoms with van der Waals surface area (Å²) in [6.07, 6.45) is 2.16. The van der Waals surface area contributed by atoms with Crippen molar-refractivity contribution in [2.24, 2.45) is 5.10 Å². The van der Waals surface area contributed by atoms with Crippen molar-refractivity contribution in [1.82, 2.24) is 14.9 Å². The summed E-state index contributed by atoms with van der Waals surface area (Å²) in [5, 5.41) is 21.5. The molecule has 0 amide bonds. The van der Waals surface area contributed by atoms with Gasteiger partial charge in [-0.25, -0.2) is 10.1 Å². The van der Waals surface area contributed by atoms with Gasteiger partial charge in [0.1, 0.15) is 0 Å². The van der Waals surface area contributed by atoms with Crippen LogP contribution in [0.4, 0.5) is 5.95 Å². The van der Waals surface area contributed by atoms with Crippen LogP contribution < -0.4 is 16.0 Å². The van der Waals surface area contributed by atoms with Crippen LogP contribution in [0.25, 0.3) is 0 Å². The highest BCUT2D eigenvalue weighted by molar-refractivity contribution is 6.32. The third-order valence-corrected chi connectivity index (χ3v) is 3.02. The molecule has 1 aromatic carbocycles. The molecule has 2 rings (SSSR count). The quantitative estimate of drug-likeness (QED) is 0.415. The van der Waals surface area contributed by atoms with Crippen molar-refractivity contribution < 1.29 is 9.84 Å². The Hall–Kier alpha value is -1.90. The number of aromatic hydroxyl groups is 1. The molecule has 8 nitrogen and oxygen atoms in total. The van der Waals surface area contributed by atoms with Crippen LogP contribution in [0.3, 0.4) is 0 Å². The van der Waals surface area contributed by atoms with Gasteiger partial charge in [-0.05, 0) is 17.7 Å². The number of hydrazone groups is 1. The number of nitrogen functional groups attached to an aromatic ring is 1. The van der Waals surface area contributed by atoms with E-state index in [1.165, 1.54) is 18.0 Å². The molecule has 0 aliphatic rings. The van der Waals surface area contributed by atoms with Crippen LogP contribution in [-0.2, 0) is 6.42 Å². The molecule has 0 aliphatic heterocycles. The summed E-state index contributed by atoms with van der Waals surface area (Å²) in [7, 11) is 1.44. The van der Waals surface area contributed by atoms with E-state index in [1.54, 1.807) is 12.1 Å². The molecule has 1 heterocycles. The minimum atomic E-state index is -0.112. The maximum Gasteiger partial charge on any atom is 0.263 e. The highest BCUT2D eigenvalue weighted by atomic mass is 35.5. The molecule has 0 atom stereocenters. The molecule has 0 unspecified atom stereocenters. The fourth-order valence-corrected chi connectivity index (χ4v) is 1.85. The van der Waals surface area contributed by atoms with E-state index in [-0.39, 0.29) is 41.3 Å². The van der Waals surface area contributed by atoms with E-state index in [9.17, 15) is 5.11 Å². The average Bonchev–Trinajstić information content (AvgIpc) is 2.83. The Balaban J connectivity index is 0.00000242. The van der Waals surface area contributed by atoms with Crippen molar-refractivity contribution in [2.45, 2.75) is 13.3 Å². The second-order valence-corrected chi connectivity index (χ2v) is 4.49. The van der Waals surface area contributed by atoms with Gasteiger partial charge in [0, 0.05) is 6.42 Å². The zero-order valence-corrected chi connectivity index (χ0v) is 14.7. The molecule has 4 N–H and O–H groups in total. The van der Waals surface area contributed by atoms with Crippen molar-refractivity contribution >= 4 is 48.6 Å². The largest absolute Gasteiger partial charge is 0.503 e. The summed E-state index contributed by atoms with van der Waals surface area (Å²) in [5.41, 5.74) is 3.31. The van der Waals surface area contributed by atoms with Gasteiger partial charge in [0.15, 0.2) is 17.3 Å². The van der Waals surface area contributed by atoms with Crippen molar-refractivity contribution in [3.63, 3.8) is 0 Å². The van der Waals surface area contributed by atoms with Crippen LogP contribution in [0, 0.1) is 0 Å². The van der Waals surface area contributed by atoms with Gasteiger partial charge in [-0.2, -0.15) is 5.10 Å². The van der Waals surface area contributed by atoms with E-state index in [2.05, 4.69) is 20.7 Å². The van der Waals surface area contributed by atoms with Gasteiger partial charge in [-0.3, -0.25) is 0 Å². The number of phenols is 1. The third-order valence-electron chi connectivity index (χ3n) is 2.73. The number of nitrogens with one attached hydrogen (secondary N) is 1. The van der Waals surface area contributed by atoms with Crippen molar-refractivity contribution in [3.05, 3.63) is 28.5 Å². The van der Waals surface area contributed by atoms with Crippen LogP contribution >= 0.6 is 36.4 Å². The first-order valence-electron chi connectivity index (χ1n) is 6.11. The van der Waals surface area contributed by atoms with Crippen LogP contribution in [0.2, 0.25) is 5.02 Å². The highest BCUT2D eigenvalue weighted by Gasteiger charge is 2.08. The molecule has 2 aromatic rings. The molecular weight excluding hydrogens is 367 g/mol. The molecule has 0 saturated heterocycles. The zero-order chi connectivity index (χ0) is 15.4. The number of rotatable bonds is 5. The SMILES string of the molecule is CCc1nnc(NN=Cc2cc(Cl)c(O)c(OC)c2)n1N.Cl.Cl. The fraction of sp³-hybridized carbons (Fsp3) is 0.250. The van der Waals surface area contributed by atoms with Crippen LogP contribution in [0.15, 0.2) is 17.2 Å². The Morgan fingerprint density at radius 1 is 1.43 bits per heavy atom. The number of hydrogen-bond donors (Lipinski definition) is 3. The molecule has 0 fully saturated rings. The molecule has 0 spiro atoms. The third kappa shape index (κ3) is 4.78. The number of phenolic OH excluding ortho intramolecular Hbond substituents is 1. The second kappa shape index (κ2) is 9.29. The number of methoxy groups -OCH3 is 1. The first-order chi connectivity index (χ1) is 10.1. The van der Waals surface area contributed by atoms with Crippen LogP contribution in [-0.4, -0.2) is 33.3 Å². The number of nitrogens with two attached hydrogens (primary N) is 1. The van der Waals surface area contributed by atoms with Gasteiger partial charge in [0.25, 0.3) is 5.95 Å². The summed E-state index contributed by atoms with van der Waals surface area (Å²) < 4.78 is 6.33. The predicted octanol–water partition coefficient (Wildman–Crippen LogP) is 2.21. The number of halogens is 3.